The molecule has 1 aliphatic rings. The monoisotopic (exact) mass is 269 g/mol. The second-order valence-corrected chi connectivity index (χ2v) is 5.84. The summed E-state index contributed by atoms with van der Waals surface area (Å²) in [7, 11) is 0. The number of rotatable bonds is 6. The zero-order valence-electron chi connectivity index (χ0n) is 12.3. The van der Waals surface area contributed by atoms with E-state index in [4.69, 9.17) is 0 Å². The number of amides is 1. The summed E-state index contributed by atoms with van der Waals surface area (Å²) < 4.78 is 0. The Kier molecular flexibility index (Phi) is 6.32. The Hall–Kier alpha value is -1.06. The van der Waals surface area contributed by atoms with E-state index in [2.05, 4.69) is 12.2 Å². The van der Waals surface area contributed by atoms with Gasteiger partial charge in [-0.25, -0.2) is 4.79 Å². The second-order valence-electron chi connectivity index (χ2n) is 5.84. The number of aliphatic carboxylic acids is 1. The summed E-state index contributed by atoms with van der Waals surface area (Å²) >= 11 is 0. The van der Waals surface area contributed by atoms with Crippen LogP contribution < -0.4 is 5.32 Å². The predicted octanol–water partition coefficient (Wildman–Crippen LogP) is 2.82. The third-order valence-corrected chi connectivity index (χ3v) is 4.57. The fraction of sp³-hybridized carbons (Fsp3) is 0.867. The van der Waals surface area contributed by atoms with Gasteiger partial charge >= 0.3 is 5.97 Å². The molecule has 0 aliphatic heterocycles. The lowest BCUT2D eigenvalue weighted by Crippen LogP contribution is -2.47. The van der Waals surface area contributed by atoms with Gasteiger partial charge in [-0.3, -0.25) is 4.79 Å². The summed E-state index contributed by atoms with van der Waals surface area (Å²) in [4.78, 5) is 23.4. The number of carbonyl (C=O) groups is 2. The van der Waals surface area contributed by atoms with Crippen molar-refractivity contribution in [3.05, 3.63) is 0 Å². The minimum absolute atomic E-state index is 0.00806. The molecule has 1 aliphatic carbocycles. The normalized spacial score (nSPS) is 26.5. The molecular weight excluding hydrogens is 242 g/mol. The van der Waals surface area contributed by atoms with E-state index >= 15 is 0 Å². The molecule has 110 valence electrons. The van der Waals surface area contributed by atoms with Crippen molar-refractivity contribution in [2.45, 2.75) is 65.3 Å². The van der Waals surface area contributed by atoms with Gasteiger partial charge in [-0.1, -0.05) is 33.6 Å². The van der Waals surface area contributed by atoms with Crippen molar-refractivity contribution >= 4 is 11.9 Å². The molecule has 2 unspecified atom stereocenters. The van der Waals surface area contributed by atoms with Crippen molar-refractivity contribution in [2.24, 2.45) is 17.8 Å². The van der Waals surface area contributed by atoms with Crippen LogP contribution in [0.15, 0.2) is 0 Å². The van der Waals surface area contributed by atoms with Gasteiger partial charge in [-0.2, -0.15) is 0 Å². The summed E-state index contributed by atoms with van der Waals surface area (Å²) in [6.07, 6.45) is 5.92. The number of nitrogens with one attached hydrogen (secondary N) is 1. The van der Waals surface area contributed by atoms with Gasteiger partial charge in [-0.15, -0.1) is 0 Å². The first kappa shape index (κ1) is 16.0. The molecule has 0 bridgehead atoms. The molecule has 2 atom stereocenters. The van der Waals surface area contributed by atoms with Crippen LogP contribution in [-0.4, -0.2) is 23.0 Å². The van der Waals surface area contributed by atoms with Gasteiger partial charge in [-0.05, 0) is 37.5 Å². The number of hydrogen-bond acceptors (Lipinski definition) is 2. The van der Waals surface area contributed by atoms with Crippen molar-refractivity contribution < 1.29 is 14.7 Å². The van der Waals surface area contributed by atoms with Gasteiger partial charge in [0.25, 0.3) is 0 Å². The molecule has 4 nitrogen and oxygen atoms in total. The highest BCUT2D eigenvalue weighted by Gasteiger charge is 2.30. The van der Waals surface area contributed by atoms with E-state index in [-0.39, 0.29) is 17.7 Å². The zero-order chi connectivity index (χ0) is 14.4. The lowest BCUT2D eigenvalue weighted by molar-refractivity contribution is -0.144. The number of carboxylic acids is 1. The van der Waals surface area contributed by atoms with Gasteiger partial charge in [0.1, 0.15) is 6.04 Å². The molecule has 0 spiro atoms. The van der Waals surface area contributed by atoms with Crippen LogP contribution in [0.25, 0.3) is 0 Å². The van der Waals surface area contributed by atoms with Gasteiger partial charge < -0.3 is 10.4 Å². The van der Waals surface area contributed by atoms with Crippen molar-refractivity contribution in [2.75, 3.05) is 0 Å². The fourth-order valence-corrected chi connectivity index (χ4v) is 2.79. The summed E-state index contributed by atoms with van der Waals surface area (Å²) in [5.74, 6) is -0.275. The molecule has 4 heteroatoms. The fourth-order valence-electron chi connectivity index (χ4n) is 2.79. The number of hydrogen-bond donors (Lipinski definition) is 2. The third kappa shape index (κ3) is 4.51. The first-order chi connectivity index (χ1) is 8.99. The number of carboxylic acid groups (broad SMARTS) is 1. The van der Waals surface area contributed by atoms with Gasteiger partial charge in [0, 0.05) is 5.92 Å². The molecule has 1 amide bonds. The maximum atomic E-state index is 12.2. The summed E-state index contributed by atoms with van der Waals surface area (Å²) in [5.41, 5.74) is 0. The summed E-state index contributed by atoms with van der Waals surface area (Å²) in [6, 6.07) is -0.749. The molecular formula is C15H27NO3. The molecule has 0 saturated heterocycles. The van der Waals surface area contributed by atoms with E-state index in [0.717, 1.165) is 38.0 Å². The van der Waals surface area contributed by atoms with Crippen LogP contribution in [0.2, 0.25) is 0 Å². The molecule has 0 radical (unpaired) electrons. The Morgan fingerprint density at radius 2 is 1.79 bits per heavy atom. The van der Waals surface area contributed by atoms with Crippen LogP contribution in [0.1, 0.15) is 59.3 Å². The van der Waals surface area contributed by atoms with Crippen LogP contribution >= 0.6 is 0 Å². The Bertz CT molecular complexity index is 309. The van der Waals surface area contributed by atoms with Crippen LogP contribution in [0, 0.1) is 17.8 Å². The SMILES string of the molecule is CCC1CCC(C(=O)NC(C(=O)O)C(C)CC)CC1. The topological polar surface area (TPSA) is 66.4 Å². The van der Waals surface area contributed by atoms with Gasteiger partial charge in [0.15, 0.2) is 0 Å². The maximum absolute atomic E-state index is 12.2. The molecule has 0 aromatic rings. The summed E-state index contributed by atoms with van der Waals surface area (Å²) in [6.45, 7) is 6.00. The van der Waals surface area contributed by atoms with E-state index in [1.54, 1.807) is 0 Å². The predicted molar refractivity (Wildman–Crippen MR) is 74.8 cm³/mol. The first-order valence-electron chi connectivity index (χ1n) is 7.52. The highest BCUT2D eigenvalue weighted by atomic mass is 16.4. The van der Waals surface area contributed by atoms with Crippen molar-refractivity contribution in [1.82, 2.24) is 5.32 Å². The lowest BCUT2D eigenvalue weighted by Gasteiger charge is -2.29. The largest absolute Gasteiger partial charge is 0.480 e. The quantitative estimate of drug-likeness (QED) is 0.779. The maximum Gasteiger partial charge on any atom is 0.326 e. The Morgan fingerprint density at radius 3 is 2.21 bits per heavy atom. The lowest BCUT2D eigenvalue weighted by atomic mass is 9.80. The minimum atomic E-state index is -0.926. The van der Waals surface area contributed by atoms with Crippen LogP contribution in [-0.2, 0) is 9.59 Å². The molecule has 1 rings (SSSR count). The molecule has 0 aromatic carbocycles. The molecule has 2 N–H and O–H groups in total. The average molecular weight is 269 g/mol. The van der Waals surface area contributed by atoms with Gasteiger partial charge in [0.2, 0.25) is 5.91 Å². The average Bonchev–Trinajstić information content (AvgIpc) is 2.43. The molecule has 0 aromatic heterocycles. The standard InChI is InChI=1S/C15H27NO3/c1-4-10(3)13(15(18)19)16-14(17)12-8-6-11(5-2)7-9-12/h10-13H,4-9H2,1-3H3,(H,16,17)(H,18,19). The Labute approximate surface area is 116 Å². The van der Waals surface area contributed by atoms with Crippen molar-refractivity contribution in [1.29, 1.82) is 0 Å². The highest BCUT2D eigenvalue weighted by Crippen LogP contribution is 2.30. The van der Waals surface area contributed by atoms with E-state index < -0.39 is 12.0 Å². The number of carbonyl (C=O) groups excluding carboxylic acids is 1. The molecule has 1 saturated carbocycles. The van der Waals surface area contributed by atoms with E-state index in [0.29, 0.717) is 0 Å². The second kappa shape index (κ2) is 7.51. The van der Waals surface area contributed by atoms with E-state index in [1.807, 2.05) is 13.8 Å². The smallest absolute Gasteiger partial charge is 0.326 e. The van der Waals surface area contributed by atoms with Crippen molar-refractivity contribution in [3.63, 3.8) is 0 Å². The first-order valence-corrected chi connectivity index (χ1v) is 7.52. The van der Waals surface area contributed by atoms with Crippen LogP contribution in [0.5, 0.6) is 0 Å². The third-order valence-electron chi connectivity index (χ3n) is 4.57. The van der Waals surface area contributed by atoms with E-state index in [9.17, 15) is 14.7 Å². The van der Waals surface area contributed by atoms with E-state index in [1.165, 1.54) is 6.42 Å². The highest BCUT2D eigenvalue weighted by molar-refractivity contribution is 5.85. The Balaban J connectivity index is 2.51. The summed E-state index contributed by atoms with van der Waals surface area (Å²) in [5, 5.41) is 11.9. The zero-order valence-corrected chi connectivity index (χ0v) is 12.3. The minimum Gasteiger partial charge on any atom is -0.480 e. The van der Waals surface area contributed by atoms with Crippen LogP contribution in [0.3, 0.4) is 0 Å². The van der Waals surface area contributed by atoms with Crippen LogP contribution in [0.4, 0.5) is 0 Å². The molecule has 1 fully saturated rings. The van der Waals surface area contributed by atoms with Crippen molar-refractivity contribution in [3.8, 4) is 0 Å². The Morgan fingerprint density at radius 1 is 1.21 bits per heavy atom. The molecule has 0 heterocycles. The van der Waals surface area contributed by atoms with Gasteiger partial charge in [0.05, 0.1) is 0 Å². The molecule has 19 heavy (non-hydrogen) atoms.